The zero-order valence-electron chi connectivity index (χ0n) is 17.3. The average molecular weight is 449 g/mol. The van der Waals surface area contributed by atoms with E-state index in [-0.39, 0.29) is 17.7 Å². The van der Waals surface area contributed by atoms with Gasteiger partial charge in [-0.15, -0.1) is 11.3 Å². The molecular formula is C23H19N3O5S. The van der Waals surface area contributed by atoms with Gasteiger partial charge < -0.3 is 14.8 Å². The fourth-order valence-corrected chi connectivity index (χ4v) is 4.17. The van der Waals surface area contributed by atoms with Gasteiger partial charge in [-0.05, 0) is 31.2 Å². The van der Waals surface area contributed by atoms with Crippen LogP contribution in [0.1, 0.15) is 27.8 Å². The van der Waals surface area contributed by atoms with Gasteiger partial charge in [-0.2, -0.15) is 9.78 Å². The minimum Gasteiger partial charge on any atom is -0.496 e. The summed E-state index contributed by atoms with van der Waals surface area (Å²) in [5.41, 5.74) is 0.341. The van der Waals surface area contributed by atoms with E-state index in [1.54, 1.807) is 60.8 Å². The number of benzene rings is 2. The zero-order valence-corrected chi connectivity index (χ0v) is 18.1. The average Bonchev–Trinajstić information content (AvgIpc) is 3.24. The van der Waals surface area contributed by atoms with Crippen LogP contribution in [0.15, 0.2) is 64.8 Å². The fourth-order valence-electron chi connectivity index (χ4n) is 3.24. The fraction of sp³-hybridized carbons (Fsp3) is 0.130. The lowest BCUT2D eigenvalue weighted by Crippen LogP contribution is -2.25. The van der Waals surface area contributed by atoms with Crippen molar-refractivity contribution in [3.8, 4) is 11.4 Å². The van der Waals surface area contributed by atoms with Gasteiger partial charge in [-0.1, -0.05) is 30.3 Å². The molecule has 0 fully saturated rings. The Morgan fingerprint density at radius 2 is 1.81 bits per heavy atom. The predicted molar refractivity (Wildman–Crippen MR) is 122 cm³/mol. The summed E-state index contributed by atoms with van der Waals surface area (Å²) in [6.45, 7) is 1.85. The van der Waals surface area contributed by atoms with Crippen LogP contribution in [0.3, 0.4) is 0 Å². The zero-order chi connectivity index (χ0) is 22.7. The first-order valence-electron chi connectivity index (χ1n) is 9.76. The first-order valence-corrected chi connectivity index (χ1v) is 10.6. The number of hydrogen-bond acceptors (Lipinski definition) is 7. The van der Waals surface area contributed by atoms with Gasteiger partial charge in [0.2, 0.25) is 0 Å². The molecule has 0 bridgehead atoms. The molecule has 0 aliphatic rings. The summed E-state index contributed by atoms with van der Waals surface area (Å²) in [5, 5.41) is 9.47. The predicted octanol–water partition coefficient (Wildman–Crippen LogP) is 3.88. The van der Waals surface area contributed by atoms with Crippen molar-refractivity contribution in [3.05, 3.63) is 81.6 Å². The van der Waals surface area contributed by atoms with E-state index in [1.807, 2.05) is 6.07 Å². The Balaban J connectivity index is 1.88. The largest absolute Gasteiger partial charge is 0.496 e. The van der Waals surface area contributed by atoms with E-state index in [0.29, 0.717) is 27.4 Å². The van der Waals surface area contributed by atoms with Crippen molar-refractivity contribution in [1.29, 1.82) is 0 Å². The lowest BCUT2D eigenvalue weighted by molar-refractivity contribution is 0.0520. The smallest absolute Gasteiger partial charge is 0.359 e. The second-order valence-corrected chi connectivity index (χ2v) is 7.51. The molecule has 4 aromatic rings. The number of nitrogens with one attached hydrogen (secondary N) is 1. The van der Waals surface area contributed by atoms with Crippen LogP contribution in [0, 0.1) is 0 Å². The minimum atomic E-state index is -0.650. The van der Waals surface area contributed by atoms with Crippen LogP contribution < -0.4 is 15.6 Å². The van der Waals surface area contributed by atoms with Crippen molar-refractivity contribution in [2.75, 3.05) is 19.0 Å². The Morgan fingerprint density at radius 3 is 2.53 bits per heavy atom. The summed E-state index contributed by atoms with van der Waals surface area (Å²) >= 11 is 1.13. The number of para-hydroxylation sites is 2. The van der Waals surface area contributed by atoms with Gasteiger partial charge in [0.25, 0.3) is 11.5 Å². The maximum Gasteiger partial charge on any atom is 0.359 e. The summed E-state index contributed by atoms with van der Waals surface area (Å²) < 4.78 is 11.5. The van der Waals surface area contributed by atoms with Gasteiger partial charge in [0.1, 0.15) is 10.8 Å². The molecule has 0 unspecified atom stereocenters. The van der Waals surface area contributed by atoms with Crippen LogP contribution in [-0.4, -0.2) is 35.4 Å². The molecule has 1 amide bonds. The minimum absolute atomic E-state index is 0.000608. The van der Waals surface area contributed by atoms with E-state index in [9.17, 15) is 14.4 Å². The molecule has 0 saturated heterocycles. The van der Waals surface area contributed by atoms with Crippen LogP contribution in [-0.2, 0) is 4.74 Å². The number of thiophene rings is 1. The van der Waals surface area contributed by atoms with Crippen LogP contribution in [0.5, 0.6) is 5.75 Å². The number of esters is 1. The van der Waals surface area contributed by atoms with Crippen molar-refractivity contribution in [1.82, 2.24) is 9.78 Å². The van der Waals surface area contributed by atoms with Crippen LogP contribution in [0.4, 0.5) is 5.00 Å². The van der Waals surface area contributed by atoms with Crippen molar-refractivity contribution >= 4 is 39.0 Å². The second kappa shape index (κ2) is 9.03. The highest BCUT2D eigenvalue weighted by Gasteiger charge is 2.23. The van der Waals surface area contributed by atoms with Gasteiger partial charge in [0.05, 0.1) is 30.4 Å². The lowest BCUT2D eigenvalue weighted by atomic mass is 10.2. The molecule has 0 spiro atoms. The van der Waals surface area contributed by atoms with Crippen LogP contribution in [0.2, 0.25) is 0 Å². The number of hydrogen-bond donors (Lipinski definition) is 1. The first kappa shape index (κ1) is 21.3. The van der Waals surface area contributed by atoms with E-state index in [2.05, 4.69) is 10.4 Å². The summed E-state index contributed by atoms with van der Waals surface area (Å²) in [6, 6.07) is 15.5. The van der Waals surface area contributed by atoms with E-state index >= 15 is 0 Å². The Bertz CT molecular complexity index is 1360. The standard InChI is InChI=1S/C23H19N3O5S/c1-3-31-23(29)19-16-13-32-21(24-20(27)15-11-7-8-12-17(15)30-2)18(16)22(28)26(25-19)14-9-5-4-6-10-14/h4-13H,3H2,1-2H3,(H,24,27). The second-order valence-electron chi connectivity index (χ2n) is 6.63. The molecule has 32 heavy (non-hydrogen) atoms. The number of amides is 1. The molecule has 9 heteroatoms. The summed E-state index contributed by atoms with van der Waals surface area (Å²) in [4.78, 5) is 38.9. The molecule has 0 radical (unpaired) electrons. The van der Waals surface area contributed by atoms with Gasteiger partial charge in [0, 0.05) is 10.8 Å². The number of carbonyl (C=O) groups is 2. The number of nitrogens with zero attached hydrogens (tertiary/aromatic N) is 2. The first-order chi connectivity index (χ1) is 15.5. The summed E-state index contributed by atoms with van der Waals surface area (Å²) in [7, 11) is 1.47. The highest BCUT2D eigenvalue weighted by atomic mass is 32.1. The number of fused-ring (bicyclic) bond motifs is 1. The molecule has 2 aromatic heterocycles. The highest BCUT2D eigenvalue weighted by molar-refractivity contribution is 7.16. The quantitative estimate of drug-likeness (QED) is 0.449. The monoisotopic (exact) mass is 449 g/mol. The molecule has 2 aromatic carbocycles. The maximum absolute atomic E-state index is 13.4. The summed E-state index contributed by atoms with van der Waals surface area (Å²) in [6.07, 6.45) is 0. The normalized spacial score (nSPS) is 10.7. The third kappa shape index (κ3) is 3.85. The van der Waals surface area contributed by atoms with Crippen molar-refractivity contribution < 1.29 is 19.1 Å². The van der Waals surface area contributed by atoms with E-state index in [1.165, 1.54) is 7.11 Å². The Hall–Kier alpha value is -3.98. The number of ether oxygens (including phenoxy) is 2. The highest BCUT2D eigenvalue weighted by Crippen LogP contribution is 2.31. The van der Waals surface area contributed by atoms with Crippen molar-refractivity contribution in [2.24, 2.45) is 0 Å². The van der Waals surface area contributed by atoms with E-state index in [4.69, 9.17) is 9.47 Å². The summed E-state index contributed by atoms with van der Waals surface area (Å²) in [5.74, 6) is -0.685. The molecule has 1 N–H and O–H groups in total. The van der Waals surface area contributed by atoms with Crippen molar-refractivity contribution in [3.63, 3.8) is 0 Å². The third-order valence-electron chi connectivity index (χ3n) is 4.70. The molecule has 8 nitrogen and oxygen atoms in total. The molecule has 0 saturated carbocycles. The van der Waals surface area contributed by atoms with Crippen LogP contribution >= 0.6 is 11.3 Å². The molecular weight excluding hydrogens is 430 g/mol. The van der Waals surface area contributed by atoms with E-state index in [0.717, 1.165) is 16.0 Å². The topological polar surface area (TPSA) is 99.5 Å². The number of aromatic nitrogens is 2. The van der Waals surface area contributed by atoms with Gasteiger partial charge >= 0.3 is 5.97 Å². The number of rotatable bonds is 6. The Kier molecular flexibility index (Phi) is 6.00. The number of carbonyl (C=O) groups excluding carboxylic acids is 2. The van der Waals surface area contributed by atoms with Gasteiger partial charge in [-0.25, -0.2) is 4.79 Å². The number of methoxy groups -OCH3 is 1. The number of anilines is 1. The Labute approximate surface area is 187 Å². The lowest BCUT2D eigenvalue weighted by Gasteiger charge is -2.10. The Morgan fingerprint density at radius 1 is 1.09 bits per heavy atom. The molecule has 2 heterocycles. The van der Waals surface area contributed by atoms with Gasteiger partial charge in [-0.3, -0.25) is 9.59 Å². The molecule has 0 atom stereocenters. The maximum atomic E-state index is 13.4. The van der Waals surface area contributed by atoms with E-state index < -0.39 is 17.4 Å². The van der Waals surface area contributed by atoms with Crippen molar-refractivity contribution in [2.45, 2.75) is 6.92 Å². The third-order valence-corrected chi connectivity index (χ3v) is 5.60. The molecule has 162 valence electrons. The molecule has 0 aliphatic carbocycles. The van der Waals surface area contributed by atoms with Crippen LogP contribution in [0.25, 0.3) is 16.5 Å². The molecule has 4 rings (SSSR count). The van der Waals surface area contributed by atoms with Gasteiger partial charge in [0.15, 0.2) is 5.69 Å². The SMILES string of the molecule is CCOC(=O)c1nn(-c2ccccc2)c(=O)c2c(NC(=O)c3ccccc3OC)scc12. The molecule has 0 aliphatic heterocycles.